The average molecular weight is 264 g/mol. The van der Waals surface area contributed by atoms with Crippen LogP contribution >= 0.6 is 0 Å². The third-order valence-corrected chi connectivity index (χ3v) is 4.25. The van der Waals surface area contributed by atoms with E-state index in [1.54, 1.807) is 0 Å². The first-order valence-corrected chi connectivity index (χ1v) is 7.40. The van der Waals surface area contributed by atoms with Crippen molar-refractivity contribution in [2.45, 2.75) is 25.9 Å². The molecule has 0 aromatic heterocycles. The maximum absolute atomic E-state index is 9.69. The van der Waals surface area contributed by atoms with Crippen molar-refractivity contribution in [1.82, 2.24) is 9.80 Å². The van der Waals surface area contributed by atoms with Gasteiger partial charge in [0.25, 0.3) is 0 Å². The second kappa shape index (κ2) is 5.55. The second-order valence-electron chi connectivity index (χ2n) is 5.90. The number of β-amino-alcohol motifs (C(OH)–C–C–N with tert-alkyl or cyclic N) is 1. The van der Waals surface area contributed by atoms with Crippen LogP contribution in [-0.4, -0.2) is 60.4 Å². The van der Waals surface area contributed by atoms with Crippen LogP contribution in [0, 0.1) is 5.92 Å². The van der Waals surface area contributed by atoms with E-state index in [-0.39, 0.29) is 6.10 Å². The zero-order valence-corrected chi connectivity index (χ0v) is 11.7. The minimum absolute atomic E-state index is 0.154. The van der Waals surface area contributed by atoms with Crippen LogP contribution in [0.4, 0.5) is 0 Å². The number of aliphatic hydroxyl groups excluding tert-OH is 1. The van der Waals surface area contributed by atoms with Crippen LogP contribution in [0.15, 0.2) is 23.5 Å². The first-order valence-electron chi connectivity index (χ1n) is 7.40. The van der Waals surface area contributed by atoms with Crippen molar-refractivity contribution in [2.75, 3.05) is 39.4 Å². The molecule has 0 radical (unpaired) electrons. The quantitative estimate of drug-likeness (QED) is 0.813. The molecule has 4 nitrogen and oxygen atoms in total. The van der Waals surface area contributed by atoms with Crippen molar-refractivity contribution in [3.8, 4) is 0 Å². The normalized spacial score (nSPS) is 32.3. The summed E-state index contributed by atoms with van der Waals surface area (Å²) in [7, 11) is 0. The molecule has 2 fully saturated rings. The number of ether oxygens (including phenoxy) is 1. The average Bonchev–Trinajstić information content (AvgIpc) is 2.86. The summed E-state index contributed by atoms with van der Waals surface area (Å²) >= 11 is 0. The Morgan fingerprint density at radius 1 is 1.21 bits per heavy atom. The summed E-state index contributed by atoms with van der Waals surface area (Å²) in [6.07, 6.45) is 6.54. The largest absolute Gasteiger partial charge is 0.391 e. The van der Waals surface area contributed by atoms with Crippen LogP contribution in [0.2, 0.25) is 0 Å². The highest BCUT2D eigenvalue weighted by molar-refractivity contribution is 5.28. The Kier molecular flexibility index (Phi) is 3.80. The first kappa shape index (κ1) is 13.0. The van der Waals surface area contributed by atoms with E-state index in [4.69, 9.17) is 4.74 Å². The van der Waals surface area contributed by atoms with E-state index in [0.29, 0.717) is 5.92 Å². The fraction of sp³-hybridized carbons (Fsp3) is 0.733. The lowest BCUT2D eigenvalue weighted by Crippen LogP contribution is -2.37. The van der Waals surface area contributed by atoms with Crippen LogP contribution in [0.3, 0.4) is 0 Å². The van der Waals surface area contributed by atoms with Crippen molar-refractivity contribution >= 4 is 0 Å². The monoisotopic (exact) mass is 264 g/mol. The predicted octanol–water partition coefficient (Wildman–Crippen LogP) is 1.19. The molecule has 1 aliphatic carbocycles. The number of hydrogen-bond acceptors (Lipinski definition) is 4. The number of likely N-dealkylation sites (tertiary alicyclic amines) is 1. The fourth-order valence-corrected chi connectivity index (χ4v) is 3.20. The number of rotatable bonds is 2. The minimum Gasteiger partial charge on any atom is -0.391 e. The molecule has 0 aromatic carbocycles. The summed E-state index contributed by atoms with van der Waals surface area (Å²) in [4.78, 5) is 4.78. The molecule has 0 spiro atoms. The maximum atomic E-state index is 9.69. The van der Waals surface area contributed by atoms with E-state index in [1.165, 1.54) is 11.4 Å². The van der Waals surface area contributed by atoms with Gasteiger partial charge in [-0.05, 0) is 24.8 Å². The van der Waals surface area contributed by atoms with Crippen LogP contribution < -0.4 is 0 Å². The molecule has 2 saturated heterocycles. The molecular weight excluding hydrogens is 240 g/mol. The number of allylic oxidation sites excluding steroid dienone is 3. The molecule has 19 heavy (non-hydrogen) atoms. The van der Waals surface area contributed by atoms with Crippen LogP contribution in [-0.2, 0) is 4.74 Å². The van der Waals surface area contributed by atoms with Crippen molar-refractivity contribution in [3.05, 3.63) is 23.5 Å². The summed E-state index contributed by atoms with van der Waals surface area (Å²) in [5.74, 6) is 0.579. The third-order valence-electron chi connectivity index (χ3n) is 4.25. The summed E-state index contributed by atoms with van der Waals surface area (Å²) in [5.41, 5.74) is 2.74. The molecule has 1 unspecified atom stereocenters. The number of aliphatic hydroxyl groups is 1. The zero-order chi connectivity index (χ0) is 13.2. The Morgan fingerprint density at radius 3 is 2.68 bits per heavy atom. The molecule has 2 aliphatic heterocycles. The number of hydrogen-bond donors (Lipinski definition) is 1. The van der Waals surface area contributed by atoms with Gasteiger partial charge in [0, 0.05) is 37.6 Å². The van der Waals surface area contributed by atoms with Crippen molar-refractivity contribution in [1.29, 1.82) is 0 Å². The lowest BCUT2D eigenvalue weighted by atomic mass is 9.97. The molecule has 1 N–H and O–H groups in total. The van der Waals surface area contributed by atoms with Gasteiger partial charge in [0.2, 0.25) is 0 Å². The second-order valence-corrected chi connectivity index (χ2v) is 5.90. The standard InChI is InChI=1S/C15H24N2O2/c1-12-8-13(16-4-6-19-7-5-16)10-14(9-12)17-3-2-15(18)11-17/h9-10,12,15,18H,2-8,11H2,1H3/t12?,15-/m0/s1. The third kappa shape index (κ3) is 2.95. The predicted molar refractivity (Wildman–Crippen MR) is 74.5 cm³/mol. The van der Waals surface area contributed by atoms with E-state index in [9.17, 15) is 5.11 Å². The summed E-state index contributed by atoms with van der Waals surface area (Å²) in [6.45, 7) is 7.74. The Morgan fingerprint density at radius 2 is 2.00 bits per heavy atom. The van der Waals surface area contributed by atoms with E-state index in [1.807, 2.05) is 0 Å². The summed E-state index contributed by atoms with van der Waals surface area (Å²) < 4.78 is 5.43. The first-order chi connectivity index (χ1) is 9.22. The lowest BCUT2D eigenvalue weighted by molar-refractivity contribution is 0.0511. The smallest absolute Gasteiger partial charge is 0.0731 e. The van der Waals surface area contributed by atoms with Crippen molar-refractivity contribution in [3.63, 3.8) is 0 Å². The van der Waals surface area contributed by atoms with Gasteiger partial charge in [-0.15, -0.1) is 0 Å². The van der Waals surface area contributed by atoms with Crippen LogP contribution in [0.5, 0.6) is 0 Å². The molecule has 0 saturated carbocycles. The van der Waals surface area contributed by atoms with Crippen LogP contribution in [0.25, 0.3) is 0 Å². The molecule has 3 rings (SSSR count). The number of nitrogens with zero attached hydrogens (tertiary/aromatic N) is 2. The topological polar surface area (TPSA) is 35.9 Å². The van der Waals surface area contributed by atoms with Crippen molar-refractivity contribution < 1.29 is 9.84 Å². The Balaban J connectivity index is 1.74. The lowest BCUT2D eigenvalue weighted by Gasteiger charge is -2.35. The molecular formula is C15H24N2O2. The molecule has 0 bridgehead atoms. The van der Waals surface area contributed by atoms with Crippen molar-refractivity contribution in [2.24, 2.45) is 5.92 Å². The van der Waals surface area contributed by atoms with Gasteiger partial charge in [0.1, 0.15) is 0 Å². The number of morpholine rings is 1. The van der Waals surface area contributed by atoms with Crippen LogP contribution in [0.1, 0.15) is 19.8 Å². The molecule has 2 atom stereocenters. The van der Waals surface area contributed by atoms with Gasteiger partial charge in [-0.3, -0.25) is 0 Å². The molecule has 0 amide bonds. The van der Waals surface area contributed by atoms with E-state index in [2.05, 4.69) is 28.9 Å². The molecule has 3 aliphatic rings. The molecule has 2 heterocycles. The maximum Gasteiger partial charge on any atom is 0.0731 e. The van der Waals surface area contributed by atoms with Gasteiger partial charge in [-0.1, -0.05) is 13.0 Å². The molecule has 0 aromatic rings. The highest BCUT2D eigenvalue weighted by Crippen LogP contribution is 2.29. The highest BCUT2D eigenvalue weighted by Gasteiger charge is 2.25. The Hall–Kier alpha value is -1.00. The Bertz CT molecular complexity index is 386. The van der Waals surface area contributed by atoms with E-state index >= 15 is 0 Å². The van der Waals surface area contributed by atoms with E-state index in [0.717, 1.165) is 52.2 Å². The SMILES string of the molecule is CC1C=C(N2CC[C@H](O)C2)C=C(N2CCOCC2)C1. The summed E-state index contributed by atoms with van der Waals surface area (Å²) in [5, 5.41) is 9.69. The minimum atomic E-state index is -0.154. The van der Waals surface area contributed by atoms with Gasteiger partial charge in [-0.25, -0.2) is 0 Å². The zero-order valence-electron chi connectivity index (χ0n) is 11.7. The van der Waals surface area contributed by atoms with Gasteiger partial charge < -0.3 is 19.6 Å². The van der Waals surface area contributed by atoms with Gasteiger partial charge >= 0.3 is 0 Å². The van der Waals surface area contributed by atoms with E-state index < -0.39 is 0 Å². The highest BCUT2D eigenvalue weighted by atomic mass is 16.5. The fourth-order valence-electron chi connectivity index (χ4n) is 3.20. The van der Waals surface area contributed by atoms with Gasteiger partial charge in [0.15, 0.2) is 0 Å². The molecule has 4 heteroatoms. The molecule has 106 valence electrons. The Labute approximate surface area is 115 Å². The van der Waals surface area contributed by atoms with Gasteiger partial charge in [0.05, 0.1) is 19.3 Å². The summed E-state index contributed by atoms with van der Waals surface area (Å²) in [6, 6.07) is 0. The van der Waals surface area contributed by atoms with Gasteiger partial charge in [-0.2, -0.15) is 0 Å².